The average Bonchev–Trinajstić information content (AvgIpc) is 2.43. The molecule has 0 atom stereocenters. The first-order valence-electron chi connectivity index (χ1n) is 7.23. The van der Waals surface area contributed by atoms with Gasteiger partial charge in [-0.1, -0.05) is 45.4 Å². The predicted octanol–water partition coefficient (Wildman–Crippen LogP) is 3.00. The third-order valence-electron chi connectivity index (χ3n) is 3.11. The molecular formula is C15H25NO3. The number of H-pyrrole nitrogens is 1. The normalized spacial score (nSPS) is 10.6. The van der Waals surface area contributed by atoms with Gasteiger partial charge in [0.25, 0.3) is 0 Å². The van der Waals surface area contributed by atoms with Crippen molar-refractivity contribution >= 4 is 0 Å². The van der Waals surface area contributed by atoms with Gasteiger partial charge in [-0.2, -0.15) is 0 Å². The van der Waals surface area contributed by atoms with E-state index in [4.69, 9.17) is 9.84 Å². The molecule has 2 N–H and O–H groups in total. The van der Waals surface area contributed by atoms with Crippen molar-refractivity contribution in [1.29, 1.82) is 0 Å². The molecule has 1 rings (SSSR count). The molecule has 108 valence electrons. The Kier molecular flexibility index (Phi) is 7.98. The summed E-state index contributed by atoms with van der Waals surface area (Å²) in [7, 11) is 0. The van der Waals surface area contributed by atoms with Crippen molar-refractivity contribution in [1.82, 2.24) is 4.98 Å². The maximum absolute atomic E-state index is 11.6. The lowest BCUT2D eigenvalue weighted by Crippen LogP contribution is -2.10. The second-order valence-electron chi connectivity index (χ2n) is 4.81. The number of pyridine rings is 1. The Bertz CT molecular complexity index is 401. The zero-order valence-corrected chi connectivity index (χ0v) is 11.8. The molecule has 0 aromatic carbocycles. The zero-order chi connectivity index (χ0) is 13.9. The molecule has 4 heteroatoms. The summed E-state index contributed by atoms with van der Waals surface area (Å²) in [5.74, 6) is 0.336. The summed E-state index contributed by atoms with van der Waals surface area (Å²) in [5.41, 5.74) is 0.332. The highest BCUT2D eigenvalue weighted by atomic mass is 16.5. The van der Waals surface area contributed by atoms with E-state index in [0.29, 0.717) is 18.1 Å². The lowest BCUT2D eigenvalue weighted by Gasteiger charge is -2.06. The van der Waals surface area contributed by atoms with Gasteiger partial charge in [0.2, 0.25) is 5.43 Å². The fourth-order valence-electron chi connectivity index (χ4n) is 1.95. The molecule has 1 aromatic rings. The second-order valence-corrected chi connectivity index (χ2v) is 4.81. The van der Waals surface area contributed by atoms with E-state index >= 15 is 0 Å². The van der Waals surface area contributed by atoms with Gasteiger partial charge < -0.3 is 14.8 Å². The van der Waals surface area contributed by atoms with E-state index in [1.165, 1.54) is 44.4 Å². The van der Waals surface area contributed by atoms with E-state index in [9.17, 15) is 4.79 Å². The summed E-state index contributed by atoms with van der Waals surface area (Å²) in [6.45, 7) is 2.63. The topological polar surface area (TPSA) is 62.3 Å². The molecule has 0 fully saturated rings. The van der Waals surface area contributed by atoms with Gasteiger partial charge in [-0.15, -0.1) is 0 Å². The molecule has 0 unspecified atom stereocenters. The largest absolute Gasteiger partial charge is 0.488 e. The first-order valence-corrected chi connectivity index (χ1v) is 7.23. The van der Waals surface area contributed by atoms with Crippen LogP contribution in [0.25, 0.3) is 0 Å². The third-order valence-corrected chi connectivity index (χ3v) is 3.11. The molecule has 0 amide bonds. The predicted molar refractivity (Wildman–Crippen MR) is 76.5 cm³/mol. The van der Waals surface area contributed by atoms with E-state index < -0.39 is 0 Å². The van der Waals surface area contributed by atoms with Crippen molar-refractivity contribution in [2.75, 3.05) is 6.61 Å². The van der Waals surface area contributed by atoms with Gasteiger partial charge in [0.1, 0.15) is 0 Å². The Balaban J connectivity index is 2.14. The molecule has 0 radical (unpaired) electrons. The fourth-order valence-corrected chi connectivity index (χ4v) is 1.95. The number of hydrogen-bond donors (Lipinski definition) is 2. The molecule has 4 nitrogen and oxygen atoms in total. The molecule has 0 saturated heterocycles. The molecule has 0 aliphatic rings. The maximum Gasteiger partial charge on any atom is 0.223 e. The van der Waals surface area contributed by atoms with Crippen molar-refractivity contribution in [2.45, 2.75) is 58.5 Å². The average molecular weight is 267 g/mol. The number of aromatic amines is 1. The maximum atomic E-state index is 11.6. The number of aliphatic hydroxyl groups excluding tert-OH is 1. The molecule has 0 spiro atoms. The van der Waals surface area contributed by atoms with Gasteiger partial charge in [-0.05, 0) is 6.42 Å². The van der Waals surface area contributed by atoms with Gasteiger partial charge in [0.05, 0.1) is 13.2 Å². The number of ether oxygens (including phenoxy) is 1. The van der Waals surface area contributed by atoms with Crippen LogP contribution in [0, 0.1) is 0 Å². The van der Waals surface area contributed by atoms with E-state index in [2.05, 4.69) is 11.9 Å². The minimum absolute atomic E-state index is 0.159. The Morgan fingerprint density at radius 2 is 1.84 bits per heavy atom. The SMILES string of the molecule is CCCCCCCCCOc1c[nH]c(CO)cc1=O. The van der Waals surface area contributed by atoms with Crippen LogP contribution in [0.3, 0.4) is 0 Å². The van der Waals surface area contributed by atoms with Crippen LogP contribution in [0.1, 0.15) is 57.6 Å². The van der Waals surface area contributed by atoms with Crippen LogP contribution in [-0.4, -0.2) is 16.7 Å². The lowest BCUT2D eigenvalue weighted by atomic mass is 10.1. The van der Waals surface area contributed by atoms with Crippen molar-refractivity contribution < 1.29 is 9.84 Å². The Labute approximate surface area is 114 Å². The van der Waals surface area contributed by atoms with Gasteiger partial charge in [-0.3, -0.25) is 4.79 Å². The van der Waals surface area contributed by atoms with Gasteiger partial charge >= 0.3 is 0 Å². The number of aromatic nitrogens is 1. The Hall–Kier alpha value is -1.29. The minimum atomic E-state index is -0.175. The number of rotatable bonds is 10. The third kappa shape index (κ3) is 6.43. The van der Waals surface area contributed by atoms with Crippen molar-refractivity contribution in [3.8, 4) is 5.75 Å². The van der Waals surface area contributed by atoms with Crippen molar-refractivity contribution in [3.63, 3.8) is 0 Å². The molecule has 0 saturated carbocycles. The zero-order valence-electron chi connectivity index (χ0n) is 11.8. The lowest BCUT2D eigenvalue weighted by molar-refractivity contribution is 0.274. The monoisotopic (exact) mass is 267 g/mol. The summed E-state index contributed by atoms with van der Waals surface area (Å²) >= 11 is 0. The van der Waals surface area contributed by atoms with E-state index in [1.807, 2.05) is 0 Å². The summed E-state index contributed by atoms with van der Waals surface area (Å²) in [6.07, 6.45) is 10.1. The van der Waals surface area contributed by atoms with Crippen molar-refractivity contribution in [2.24, 2.45) is 0 Å². The van der Waals surface area contributed by atoms with Crippen LogP contribution in [0.5, 0.6) is 5.75 Å². The number of unbranched alkanes of at least 4 members (excludes halogenated alkanes) is 6. The molecular weight excluding hydrogens is 242 g/mol. The van der Waals surface area contributed by atoms with E-state index in [-0.39, 0.29) is 12.0 Å². The standard InChI is InChI=1S/C15H25NO3/c1-2-3-4-5-6-7-8-9-19-15-11-16-13(12-17)10-14(15)18/h10-11,17H,2-9,12H2,1H3,(H,16,18). The molecule has 1 heterocycles. The first kappa shape index (κ1) is 15.8. The van der Waals surface area contributed by atoms with Crippen LogP contribution < -0.4 is 10.2 Å². The van der Waals surface area contributed by atoms with Crippen LogP contribution in [0.4, 0.5) is 0 Å². The van der Waals surface area contributed by atoms with Gasteiger partial charge in [-0.25, -0.2) is 0 Å². The second kappa shape index (κ2) is 9.62. The molecule has 0 bridgehead atoms. The summed E-state index contributed by atoms with van der Waals surface area (Å²) in [6, 6.07) is 1.38. The van der Waals surface area contributed by atoms with E-state index in [0.717, 1.165) is 12.8 Å². The van der Waals surface area contributed by atoms with Gasteiger partial charge in [0, 0.05) is 18.0 Å². The van der Waals surface area contributed by atoms with Crippen LogP contribution >= 0.6 is 0 Å². The highest BCUT2D eigenvalue weighted by Crippen LogP contribution is 2.08. The fraction of sp³-hybridized carbons (Fsp3) is 0.667. The quantitative estimate of drug-likeness (QED) is 0.641. The Morgan fingerprint density at radius 3 is 2.47 bits per heavy atom. The summed E-state index contributed by atoms with van der Waals surface area (Å²) in [5, 5.41) is 8.88. The van der Waals surface area contributed by atoms with Crippen LogP contribution in [0.2, 0.25) is 0 Å². The Morgan fingerprint density at radius 1 is 1.16 bits per heavy atom. The molecule has 1 aromatic heterocycles. The minimum Gasteiger partial charge on any atom is -0.488 e. The highest BCUT2D eigenvalue weighted by Gasteiger charge is 2.01. The summed E-state index contributed by atoms with van der Waals surface area (Å²) < 4.78 is 5.44. The number of nitrogens with one attached hydrogen (secondary N) is 1. The van der Waals surface area contributed by atoms with Crippen molar-refractivity contribution in [3.05, 3.63) is 28.2 Å². The molecule has 19 heavy (non-hydrogen) atoms. The first-order chi connectivity index (χ1) is 9.27. The number of hydrogen-bond acceptors (Lipinski definition) is 3. The van der Waals surface area contributed by atoms with Gasteiger partial charge in [0.15, 0.2) is 5.75 Å². The van der Waals surface area contributed by atoms with E-state index in [1.54, 1.807) is 0 Å². The molecule has 0 aliphatic carbocycles. The molecule has 0 aliphatic heterocycles. The van der Waals surface area contributed by atoms with Crippen LogP contribution in [-0.2, 0) is 6.61 Å². The number of aliphatic hydroxyl groups is 1. The smallest absolute Gasteiger partial charge is 0.223 e. The summed E-state index contributed by atoms with van der Waals surface area (Å²) in [4.78, 5) is 14.4. The highest BCUT2D eigenvalue weighted by molar-refractivity contribution is 5.19. The van der Waals surface area contributed by atoms with Crippen LogP contribution in [0.15, 0.2) is 17.1 Å².